The minimum absolute atomic E-state index is 0.00463. The third-order valence-electron chi connectivity index (χ3n) is 1.13. The molecule has 0 aliphatic carbocycles. The largest absolute Gasteiger partial charge is 0.365 e. The van der Waals surface area contributed by atoms with Crippen molar-refractivity contribution >= 4 is 26.1 Å². The molecule has 0 unspecified atom stereocenters. The molecule has 1 amide bonds. The SMILES string of the molecule is C=C(C(N)=O)S(=O)(=O)O.CC(C)CS(=O)(=O)O. The normalized spacial score (nSPS) is 11.6. The molecule has 0 rings (SSSR count). The van der Waals surface area contributed by atoms with Crippen LogP contribution in [0.3, 0.4) is 0 Å². The summed E-state index contributed by atoms with van der Waals surface area (Å²) in [6.07, 6.45) is 0. The maximum absolute atomic E-state index is 10.00. The number of rotatable bonds is 4. The molecule has 0 aromatic heterocycles. The fraction of sp³-hybridized carbons (Fsp3) is 0.571. The lowest BCUT2D eigenvalue weighted by molar-refractivity contribution is -0.113. The zero-order valence-electron chi connectivity index (χ0n) is 9.32. The third-order valence-corrected chi connectivity index (χ3v) is 3.04. The molecular formula is C7H15NO7S2. The fourth-order valence-electron chi connectivity index (χ4n) is 0.548. The molecular weight excluding hydrogens is 274 g/mol. The van der Waals surface area contributed by atoms with Crippen LogP contribution in [-0.2, 0) is 25.0 Å². The van der Waals surface area contributed by atoms with Crippen molar-refractivity contribution in [2.75, 3.05) is 5.75 Å². The Bertz CT molecular complexity index is 474. The Hall–Kier alpha value is -0.970. The van der Waals surface area contributed by atoms with E-state index in [2.05, 4.69) is 12.3 Å². The molecule has 0 aliphatic rings. The van der Waals surface area contributed by atoms with Crippen LogP contribution in [0.2, 0.25) is 0 Å². The van der Waals surface area contributed by atoms with Crippen molar-refractivity contribution in [2.45, 2.75) is 13.8 Å². The molecule has 0 saturated carbocycles. The molecule has 0 aliphatic heterocycles. The Morgan fingerprint density at radius 2 is 1.59 bits per heavy atom. The molecule has 102 valence electrons. The van der Waals surface area contributed by atoms with Crippen LogP contribution in [-0.4, -0.2) is 37.6 Å². The van der Waals surface area contributed by atoms with E-state index in [1.807, 2.05) is 0 Å². The van der Waals surface area contributed by atoms with Gasteiger partial charge in [0.15, 0.2) is 4.91 Å². The fourth-order valence-corrected chi connectivity index (χ4v) is 1.65. The van der Waals surface area contributed by atoms with Gasteiger partial charge in [-0.2, -0.15) is 16.8 Å². The van der Waals surface area contributed by atoms with Gasteiger partial charge in [-0.3, -0.25) is 13.9 Å². The molecule has 0 fully saturated rings. The molecule has 0 atom stereocenters. The molecule has 0 saturated heterocycles. The monoisotopic (exact) mass is 289 g/mol. The molecule has 10 heteroatoms. The summed E-state index contributed by atoms with van der Waals surface area (Å²) in [5.74, 6) is -1.39. The van der Waals surface area contributed by atoms with Crippen LogP contribution in [0.5, 0.6) is 0 Å². The van der Waals surface area contributed by atoms with Crippen molar-refractivity contribution in [1.82, 2.24) is 0 Å². The van der Waals surface area contributed by atoms with Crippen LogP contribution in [0, 0.1) is 5.92 Å². The van der Waals surface area contributed by atoms with Gasteiger partial charge >= 0.3 is 0 Å². The predicted octanol–water partition coefficient (Wildman–Crippen LogP) is -0.597. The van der Waals surface area contributed by atoms with Gasteiger partial charge in [-0.15, -0.1) is 0 Å². The van der Waals surface area contributed by atoms with E-state index in [9.17, 15) is 21.6 Å². The van der Waals surface area contributed by atoms with E-state index in [0.717, 1.165) is 0 Å². The number of carbonyl (C=O) groups excluding carboxylic acids is 1. The number of carbonyl (C=O) groups is 1. The topological polar surface area (TPSA) is 152 Å². The highest BCUT2D eigenvalue weighted by Crippen LogP contribution is 1.96. The summed E-state index contributed by atoms with van der Waals surface area (Å²) in [6, 6.07) is 0. The Balaban J connectivity index is 0. The zero-order chi connectivity index (χ0) is 14.4. The second-order valence-electron chi connectivity index (χ2n) is 3.40. The average molecular weight is 289 g/mol. The van der Waals surface area contributed by atoms with Gasteiger partial charge in [0.05, 0.1) is 5.75 Å². The molecule has 17 heavy (non-hydrogen) atoms. The molecule has 0 radical (unpaired) electrons. The Morgan fingerprint density at radius 3 is 1.59 bits per heavy atom. The third kappa shape index (κ3) is 13.0. The van der Waals surface area contributed by atoms with Gasteiger partial charge in [-0.25, -0.2) is 0 Å². The van der Waals surface area contributed by atoms with Crippen LogP contribution >= 0.6 is 0 Å². The average Bonchev–Trinajstić information content (AvgIpc) is 1.96. The first-order chi connectivity index (χ1) is 7.27. The quantitative estimate of drug-likeness (QED) is 0.461. The maximum Gasteiger partial charge on any atom is 0.299 e. The van der Waals surface area contributed by atoms with Crippen molar-refractivity contribution in [3.63, 3.8) is 0 Å². The lowest BCUT2D eigenvalue weighted by atomic mass is 10.3. The molecule has 0 aromatic carbocycles. The minimum Gasteiger partial charge on any atom is -0.365 e. The number of hydrogen-bond donors (Lipinski definition) is 3. The standard InChI is InChI=1S/C4H10O3S.C3H5NO4S/c1-4(2)3-8(5,6)7;1-2(3(4)5)9(6,7)8/h4H,3H2,1-2H3,(H,5,6,7);1H2,(H2,4,5)(H,6,7,8). The number of hydrogen-bond acceptors (Lipinski definition) is 5. The highest BCUT2D eigenvalue weighted by molar-refractivity contribution is 7.90. The van der Waals surface area contributed by atoms with Gasteiger partial charge in [0.25, 0.3) is 26.1 Å². The first-order valence-corrected chi connectivity index (χ1v) is 7.23. The molecule has 0 heterocycles. The van der Waals surface area contributed by atoms with Crippen LogP contribution in [0.15, 0.2) is 11.5 Å². The number of nitrogens with two attached hydrogens (primary N) is 1. The number of amides is 1. The van der Waals surface area contributed by atoms with Crippen LogP contribution in [0.1, 0.15) is 13.8 Å². The van der Waals surface area contributed by atoms with Crippen LogP contribution < -0.4 is 5.73 Å². The first kappa shape index (κ1) is 18.4. The molecule has 8 nitrogen and oxygen atoms in total. The van der Waals surface area contributed by atoms with Crippen LogP contribution in [0.25, 0.3) is 0 Å². The van der Waals surface area contributed by atoms with Crippen molar-refractivity contribution in [1.29, 1.82) is 0 Å². The second kappa shape index (κ2) is 6.69. The summed E-state index contributed by atoms with van der Waals surface area (Å²) >= 11 is 0. The van der Waals surface area contributed by atoms with E-state index in [1.165, 1.54) is 0 Å². The predicted molar refractivity (Wildman–Crippen MR) is 61.1 cm³/mol. The minimum atomic E-state index is -4.47. The van der Waals surface area contributed by atoms with Gasteiger partial charge in [0.2, 0.25) is 0 Å². The Morgan fingerprint density at radius 1 is 1.24 bits per heavy atom. The zero-order valence-corrected chi connectivity index (χ0v) is 11.0. The van der Waals surface area contributed by atoms with E-state index in [1.54, 1.807) is 13.8 Å². The summed E-state index contributed by atoms with van der Waals surface area (Å²) in [5, 5.41) is 0. The van der Waals surface area contributed by atoms with E-state index < -0.39 is 31.0 Å². The van der Waals surface area contributed by atoms with E-state index >= 15 is 0 Å². The van der Waals surface area contributed by atoms with Gasteiger partial charge in [-0.05, 0) is 5.92 Å². The molecule has 0 bridgehead atoms. The molecule has 0 aromatic rings. The van der Waals surface area contributed by atoms with Crippen molar-refractivity contribution < 1.29 is 30.7 Å². The van der Waals surface area contributed by atoms with Gasteiger partial charge in [-0.1, -0.05) is 20.4 Å². The van der Waals surface area contributed by atoms with Crippen molar-refractivity contribution in [3.05, 3.63) is 11.5 Å². The number of primary amides is 1. The highest BCUT2D eigenvalue weighted by atomic mass is 32.2. The van der Waals surface area contributed by atoms with Crippen molar-refractivity contribution in [3.8, 4) is 0 Å². The second-order valence-corrected chi connectivity index (χ2v) is 6.35. The lowest BCUT2D eigenvalue weighted by Crippen LogP contribution is -2.19. The van der Waals surface area contributed by atoms with Crippen molar-refractivity contribution in [2.24, 2.45) is 11.7 Å². The summed E-state index contributed by atoms with van der Waals surface area (Å²) < 4.78 is 56.0. The highest BCUT2D eigenvalue weighted by Gasteiger charge is 2.15. The molecule has 4 N–H and O–H groups in total. The first-order valence-electron chi connectivity index (χ1n) is 4.18. The van der Waals surface area contributed by atoms with Gasteiger partial charge in [0.1, 0.15) is 0 Å². The smallest absolute Gasteiger partial charge is 0.299 e. The Labute approximate surface area is 100 Å². The van der Waals surface area contributed by atoms with E-state index in [-0.39, 0.29) is 11.7 Å². The maximum atomic E-state index is 10.00. The lowest BCUT2D eigenvalue weighted by Gasteiger charge is -1.97. The van der Waals surface area contributed by atoms with Gasteiger partial charge < -0.3 is 5.73 Å². The Kier molecular flexibility index (Phi) is 7.24. The summed E-state index contributed by atoms with van der Waals surface area (Å²) in [4.78, 5) is 8.93. The summed E-state index contributed by atoms with van der Waals surface area (Å²) in [7, 11) is -8.19. The summed E-state index contributed by atoms with van der Waals surface area (Å²) in [6.45, 7) is 6.17. The van der Waals surface area contributed by atoms with E-state index in [0.29, 0.717) is 0 Å². The van der Waals surface area contributed by atoms with E-state index in [4.69, 9.17) is 9.11 Å². The van der Waals surface area contributed by atoms with Gasteiger partial charge in [0, 0.05) is 0 Å². The summed E-state index contributed by atoms with van der Waals surface area (Å²) in [5.41, 5.74) is 4.44. The van der Waals surface area contributed by atoms with Crippen LogP contribution in [0.4, 0.5) is 0 Å². The molecule has 0 spiro atoms.